The zero-order valence-electron chi connectivity index (χ0n) is 13.7. The van der Waals surface area contributed by atoms with Crippen LogP contribution in [0, 0.1) is 0 Å². The third-order valence-corrected chi connectivity index (χ3v) is 3.70. The van der Waals surface area contributed by atoms with Gasteiger partial charge in [0.15, 0.2) is 6.61 Å². The maximum absolute atomic E-state index is 11.9. The van der Waals surface area contributed by atoms with Crippen molar-refractivity contribution in [2.75, 3.05) is 11.9 Å². The van der Waals surface area contributed by atoms with E-state index < -0.39 is 5.91 Å². The summed E-state index contributed by atoms with van der Waals surface area (Å²) in [5, 5.41) is 6.66. The molecule has 0 spiro atoms. The predicted octanol–water partition coefficient (Wildman–Crippen LogP) is 3.35. The van der Waals surface area contributed by atoms with E-state index in [9.17, 15) is 9.59 Å². The Kier molecular flexibility index (Phi) is 7.16. The van der Waals surface area contributed by atoms with Gasteiger partial charge in [0.1, 0.15) is 5.75 Å². The van der Waals surface area contributed by atoms with E-state index in [1.807, 2.05) is 36.4 Å². The Morgan fingerprint density at radius 1 is 1.04 bits per heavy atom. The lowest BCUT2D eigenvalue weighted by Gasteiger charge is -2.07. The Morgan fingerprint density at radius 2 is 1.72 bits per heavy atom. The SMILES string of the molecule is C/C(CC(=O)Nc1ccccc1)=N/NC(=O)COc1ccccc1Br. The van der Waals surface area contributed by atoms with Crippen LogP contribution in [-0.2, 0) is 9.59 Å². The molecule has 0 fully saturated rings. The first-order valence-electron chi connectivity index (χ1n) is 7.59. The van der Waals surface area contributed by atoms with Crippen LogP contribution in [0.4, 0.5) is 5.69 Å². The van der Waals surface area contributed by atoms with E-state index in [4.69, 9.17) is 4.74 Å². The van der Waals surface area contributed by atoms with Gasteiger partial charge in [-0.25, -0.2) is 5.43 Å². The van der Waals surface area contributed by atoms with Crippen LogP contribution >= 0.6 is 15.9 Å². The molecule has 0 saturated heterocycles. The van der Waals surface area contributed by atoms with Crippen molar-refractivity contribution < 1.29 is 14.3 Å². The highest BCUT2D eigenvalue weighted by atomic mass is 79.9. The third-order valence-electron chi connectivity index (χ3n) is 3.04. The first-order valence-corrected chi connectivity index (χ1v) is 8.38. The summed E-state index contributed by atoms with van der Waals surface area (Å²) in [7, 11) is 0. The number of para-hydroxylation sites is 2. The van der Waals surface area contributed by atoms with E-state index in [1.165, 1.54) is 0 Å². The second-order valence-corrected chi connectivity index (χ2v) is 6.05. The minimum absolute atomic E-state index is 0.0836. The van der Waals surface area contributed by atoms with Crippen molar-refractivity contribution in [3.05, 3.63) is 59.1 Å². The van der Waals surface area contributed by atoms with Crippen molar-refractivity contribution in [2.45, 2.75) is 13.3 Å². The number of ether oxygens (including phenoxy) is 1. The maximum Gasteiger partial charge on any atom is 0.277 e. The number of nitrogens with zero attached hydrogens (tertiary/aromatic N) is 1. The Morgan fingerprint density at radius 3 is 2.44 bits per heavy atom. The predicted molar refractivity (Wildman–Crippen MR) is 101 cm³/mol. The summed E-state index contributed by atoms with van der Waals surface area (Å²) in [5.74, 6) is -0.0367. The van der Waals surface area contributed by atoms with Gasteiger partial charge in [-0.05, 0) is 47.1 Å². The molecule has 0 atom stereocenters. The number of carbonyl (C=O) groups is 2. The number of carbonyl (C=O) groups excluding carboxylic acids is 2. The van der Waals surface area contributed by atoms with E-state index >= 15 is 0 Å². The molecule has 0 saturated carbocycles. The molecule has 0 aromatic heterocycles. The highest BCUT2D eigenvalue weighted by Crippen LogP contribution is 2.23. The van der Waals surface area contributed by atoms with E-state index in [1.54, 1.807) is 25.1 Å². The molecule has 0 aliphatic carbocycles. The van der Waals surface area contributed by atoms with Crippen LogP contribution in [0.25, 0.3) is 0 Å². The van der Waals surface area contributed by atoms with Crippen molar-refractivity contribution in [1.29, 1.82) is 0 Å². The van der Waals surface area contributed by atoms with Gasteiger partial charge >= 0.3 is 0 Å². The Bertz CT molecular complexity index is 763. The lowest BCUT2D eigenvalue weighted by Crippen LogP contribution is -2.26. The number of anilines is 1. The second-order valence-electron chi connectivity index (χ2n) is 5.19. The number of nitrogens with one attached hydrogen (secondary N) is 2. The zero-order valence-corrected chi connectivity index (χ0v) is 15.2. The van der Waals surface area contributed by atoms with E-state index in [0.29, 0.717) is 17.1 Å². The van der Waals surface area contributed by atoms with Crippen LogP contribution in [-0.4, -0.2) is 24.1 Å². The molecule has 0 bridgehead atoms. The molecule has 6 nitrogen and oxygen atoms in total. The smallest absolute Gasteiger partial charge is 0.277 e. The number of halogens is 1. The van der Waals surface area contributed by atoms with Crippen molar-refractivity contribution in [1.82, 2.24) is 5.43 Å². The molecule has 0 heterocycles. The fourth-order valence-electron chi connectivity index (χ4n) is 1.89. The lowest BCUT2D eigenvalue weighted by molar-refractivity contribution is -0.123. The molecule has 2 N–H and O–H groups in total. The highest BCUT2D eigenvalue weighted by Gasteiger charge is 2.07. The monoisotopic (exact) mass is 403 g/mol. The number of benzene rings is 2. The summed E-state index contributed by atoms with van der Waals surface area (Å²) < 4.78 is 6.15. The van der Waals surface area contributed by atoms with Gasteiger partial charge in [-0.1, -0.05) is 30.3 Å². The summed E-state index contributed by atoms with van der Waals surface area (Å²) in [6.07, 6.45) is 0.0836. The van der Waals surface area contributed by atoms with Crippen molar-refractivity contribution in [3.63, 3.8) is 0 Å². The molecule has 2 aromatic carbocycles. The van der Waals surface area contributed by atoms with Gasteiger partial charge in [0.2, 0.25) is 5.91 Å². The van der Waals surface area contributed by atoms with Gasteiger partial charge in [0, 0.05) is 11.4 Å². The van der Waals surface area contributed by atoms with Crippen LogP contribution in [0.15, 0.2) is 64.2 Å². The van der Waals surface area contributed by atoms with Gasteiger partial charge in [0.25, 0.3) is 5.91 Å². The highest BCUT2D eigenvalue weighted by molar-refractivity contribution is 9.10. The van der Waals surface area contributed by atoms with E-state index in [0.717, 1.165) is 4.47 Å². The number of rotatable bonds is 7. The van der Waals surface area contributed by atoms with Crippen molar-refractivity contribution >= 4 is 39.1 Å². The first-order chi connectivity index (χ1) is 12.0. The van der Waals surface area contributed by atoms with Gasteiger partial charge in [0.05, 0.1) is 10.9 Å². The molecule has 130 valence electrons. The van der Waals surface area contributed by atoms with Crippen LogP contribution in [0.5, 0.6) is 5.75 Å². The quantitative estimate of drug-likeness (QED) is 0.549. The number of hydrazone groups is 1. The van der Waals surface area contributed by atoms with Crippen LogP contribution in [0.1, 0.15) is 13.3 Å². The minimum atomic E-state index is -0.404. The summed E-state index contributed by atoms with van der Waals surface area (Å²) >= 11 is 3.33. The lowest BCUT2D eigenvalue weighted by atomic mass is 10.2. The molecule has 2 aromatic rings. The normalized spacial score (nSPS) is 10.9. The number of hydrogen-bond donors (Lipinski definition) is 2. The Balaban J connectivity index is 1.75. The molecule has 2 amide bonds. The van der Waals surface area contributed by atoms with Crippen LogP contribution in [0.2, 0.25) is 0 Å². The van der Waals surface area contributed by atoms with E-state index in [-0.39, 0.29) is 18.9 Å². The van der Waals surface area contributed by atoms with Crippen molar-refractivity contribution in [3.8, 4) is 5.75 Å². The van der Waals surface area contributed by atoms with Gasteiger partial charge in [-0.3, -0.25) is 9.59 Å². The maximum atomic E-state index is 11.9. The molecule has 2 rings (SSSR count). The summed E-state index contributed by atoms with van der Waals surface area (Å²) in [6, 6.07) is 16.4. The molecular weight excluding hydrogens is 386 g/mol. The van der Waals surface area contributed by atoms with Gasteiger partial charge < -0.3 is 10.1 Å². The Labute approximate surface area is 154 Å². The Hall–Kier alpha value is -2.67. The second kappa shape index (κ2) is 9.58. The topological polar surface area (TPSA) is 79.8 Å². The van der Waals surface area contributed by atoms with Crippen molar-refractivity contribution in [2.24, 2.45) is 5.10 Å². The third kappa shape index (κ3) is 6.76. The molecule has 7 heteroatoms. The van der Waals surface area contributed by atoms with Crippen LogP contribution in [0.3, 0.4) is 0 Å². The molecule has 0 unspecified atom stereocenters. The molecule has 0 aliphatic rings. The number of hydrogen-bond acceptors (Lipinski definition) is 4. The largest absolute Gasteiger partial charge is 0.483 e. The minimum Gasteiger partial charge on any atom is -0.483 e. The zero-order chi connectivity index (χ0) is 18.1. The average Bonchev–Trinajstić information content (AvgIpc) is 2.60. The summed E-state index contributed by atoms with van der Waals surface area (Å²) in [5.41, 5.74) is 3.57. The number of amides is 2. The molecule has 0 aliphatic heterocycles. The summed E-state index contributed by atoms with van der Waals surface area (Å²) in [4.78, 5) is 23.6. The molecule has 0 radical (unpaired) electrons. The molecular formula is C18H18BrN3O3. The standard InChI is InChI=1S/C18H18BrN3O3/c1-13(11-17(23)20-14-7-3-2-4-8-14)21-22-18(24)12-25-16-10-6-5-9-15(16)19/h2-10H,11-12H2,1H3,(H,20,23)(H,22,24)/b21-13-. The van der Waals surface area contributed by atoms with Gasteiger partial charge in [-0.2, -0.15) is 5.10 Å². The fraction of sp³-hybridized carbons (Fsp3) is 0.167. The average molecular weight is 404 g/mol. The first kappa shape index (κ1) is 18.7. The van der Waals surface area contributed by atoms with Crippen LogP contribution < -0.4 is 15.5 Å². The molecule has 25 heavy (non-hydrogen) atoms. The van der Waals surface area contributed by atoms with E-state index in [2.05, 4.69) is 31.8 Å². The summed E-state index contributed by atoms with van der Waals surface area (Å²) in [6.45, 7) is 1.50. The van der Waals surface area contributed by atoms with Gasteiger partial charge in [-0.15, -0.1) is 0 Å². The fourth-order valence-corrected chi connectivity index (χ4v) is 2.29.